The number of hydrogen-bond acceptors (Lipinski definition) is 5. The molecule has 0 aliphatic heterocycles. The SMILES string of the molecule is Cc1cccn2ncc(C(=O)N(C)CCc3noc(C(C)C)n3)c12. The average Bonchev–Trinajstić information content (AvgIpc) is 3.19. The number of carbonyl (C=O) groups is 1. The summed E-state index contributed by atoms with van der Waals surface area (Å²) in [6, 6.07) is 3.89. The van der Waals surface area contributed by atoms with Crippen LogP contribution in [0.3, 0.4) is 0 Å². The minimum Gasteiger partial charge on any atom is -0.341 e. The molecule has 0 aliphatic carbocycles. The molecule has 7 nitrogen and oxygen atoms in total. The fourth-order valence-electron chi connectivity index (χ4n) is 2.55. The van der Waals surface area contributed by atoms with Gasteiger partial charge in [0.25, 0.3) is 5.91 Å². The normalized spacial score (nSPS) is 11.4. The van der Waals surface area contributed by atoms with Gasteiger partial charge in [-0.3, -0.25) is 4.79 Å². The molecule has 126 valence electrons. The van der Waals surface area contributed by atoms with E-state index in [0.717, 1.165) is 11.1 Å². The number of nitrogens with zero attached hydrogens (tertiary/aromatic N) is 5. The molecule has 3 aromatic rings. The van der Waals surface area contributed by atoms with E-state index in [1.807, 2.05) is 39.1 Å². The van der Waals surface area contributed by atoms with Gasteiger partial charge in [-0.05, 0) is 18.6 Å². The predicted octanol–water partition coefficient (Wildman–Crippen LogP) is 2.46. The highest BCUT2D eigenvalue weighted by Crippen LogP contribution is 2.17. The van der Waals surface area contributed by atoms with E-state index in [0.29, 0.717) is 30.2 Å². The van der Waals surface area contributed by atoms with Crippen LogP contribution in [0.25, 0.3) is 5.52 Å². The monoisotopic (exact) mass is 327 g/mol. The van der Waals surface area contributed by atoms with E-state index in [-0.39, 0.29) is 11.8 Å². The molecule has 0 spiro atoms. The zero-order chi connectivity index (χ0) is 17.3. The largest absolute Gasteiger partial charge is 0.341 e. The maximum absolute atomic E-state index is 12.7. The van der Waals surface area contributed by atoms with Crippen molar-refractivity contribution in [3.8, 4) is 0 Å². The second-order valence-electron chi connectivity index (χ2n) is 6.22. The van der Waals surface area contributed by atoms with Crippen molar-refractivity contribution in [1.29, 1.82) is 0 Å². The number of hydrogen-bond donors (Lipinski definition) is 0. The molecule has 1 amide bonds. The lowest BCUT2D eigenvalue weighted by atomic mass is 10.1. The van der Waals surface area contributed by atoms with Crippen LogP contribution in [0.5, 0.6) is 0 Å². The van der Waals surface area contributed by atoms with Gasteiger partial charge in [0.05, 0.1) is 17.3 Å². The summed E-state index contributed by atoms with van der Waals surface area (Å²) >= 11 is 0. The van der Waals surface area contributed by atoms with Gasteiger partial charge >= 0.3 is 0 Å². The molecule has 0 aliphatic rings. The third-order valence-corrected chi connectivity index (χ3v) is 3.97. The Hall–Kier alpha value is -2.70. The summed E-state index contributed by atoms with van der Waals surface area (Å²) in [7, 11) is 1.77. The van der Waals surface area contributed by atoms with Crippen molar-refractivity contribution >= 4 is 11.4 Å². The van der Waals surface area contributed by atoms with E-state index in [4.69, 9.17) is 4.52 Å². The first-order valence-corrected chi connectivity index (χ1v) is 7.98. The van der Waals surface area contributed by atoms with Gasteiger partial charge in [0, 0.05) is 32.1 Å². The maximum atomic E-state index is 12.7. The second kappa shape index (κ2) is 6.43. The number of amides is 1. The first-order valence-electron chi connectivity index (χ1n) is 7.98. The van der Waals surface area contributed by atoms with Gasteiger partial charge in [-0.2, -0.15) is 10.1 Å². The molecular weight excluding hydrogens is 306 g/mol. The topological polar surface area (TPSA) is 76.5 Å². The van der Waals surface area contributed by atoms with Gasteiger partial charge in [-0.15, -0.1) is 0 Å². The van der Waals surface area contributed by atoms with Crippen molar-refractivity contribution in [2.45, 2.75) is 33.1 Å². The molecule has 0 saturated carbocycles. The van der Waals surface area contributed by atoms with E-state index < -0.39 is 0 Å². The van der Waals surface area contributed by atoms with E-state index in [9.17, 15) is 4.79 Å². The van der Waals surface area contributed by atoms with Crippen LogP contribution in [0, 0.1) is 6.92 Å². The number of fused-ring (bicyclic) bond motifs is 1. The summed E-state index contributed by atoms with van der Waals surface area (Å²) in [4.78, 5) is 18.7. The van der Waals surface area contributed by atoms with Gasteiger partial charge in [-0.25, -0.2) is 4.52 Å². The Labute approximate surface area is 140 Å². The summed E-state index contributed by atoms with van der Waals surface area (Å²) < 4.78 is 6.91. The van der Waals surface area contributed by atoms with Crippen LogP contribution >= 0.6 is 0 Å². The number of aryl methyl sites for hydroxylation is 1. The molecule has 0 N–H and O–H groups in total. The standard InChI is InChI=1S/C17H21N5O2/c1-11(2)16-19-14(20-24-16)7-9-21(4)17(23)13-10-18-22-8-5-6-12(3)15(13)22/h5-6,8,10-11H,7,9H2,1-4H3. The van der Waals surface area contributed by atoms with Crippen molar-refractivity contribution in [1.82, 2.24) is 24.7 Å². The van der Waals surface area contributed by atoms with E-state index in [1.165, 1.54) is 0 Å². The summed E-state index contributed by atoms with van der Waals surface area (Å²) in [6.45, 7) is 6.49. The lowest BCUT2D eigenvalue weighted by molar-refractivity contribution is 0.0797. The molecule has 0 unspecified atom stereocenters. The Morgan fingerprint density at radius 2 is 2.21 bits per heavy atom. The second-order valence-corrected chi connectivity index (χ2v) is 6.22. The summed E-state index contributed by atoms with van der Waals surface area (Å²) in [5, 5.41) is 8.21. The van der Waals surface area contributed by atoms with Crippen LogP contribution in [0.15, 0.2) is 29.0 Å². The Morgan fingerprint density at radius 1 is 1.42 bits per heavy atom. The summed E-state index contributed by atoms with van der Waals surface area (Å²) in [5.74, 6) is 1.38. The van der Waals surface area contributed by atoms with Crippen molar-refractivity contribution in [3.63, 3.8) is 0 Å². The highest BCUT2D eigenvalue weighted by atomic mass is 16.5. The lowest BCUT2D eigenvalue weighted by Crippen LogP contribution is -2.29. The van der Waals surface area contributed by atoms with Crippen LogP contribution < -0.4 is 0 Å². The smallest absolute Gasteiger partial charge is 0.257 e. The Morgan fingerprint density at radius 3 is 2.92 bits per heavy atom. The molecule has 3 heterocycles. The minimum atomic E-state index is -0.0631. The molecule has 0 saturated heterocycles. The Kier molecular flexibility index (Phi) is 4.33. The molecule has 24 heavy (non-hydrogen) atoms. The third-order valence-electron chi connectivity index (χ3n) is 3.97. The van der Waals surface area contributed by atoms with Gasteiger partial charge in [0.1, 0.15) is 0 Å². The van der Waals surface area contributed by atoms with Crippen molar-refractivity contribution in [2.75, 3.05) is 13.6 Å². The number of carbonyl (C=O) groups excluding carboxylic acids is 1. The number of pyridine rings is 1. The summed E-state index contributed by atoms with van der Waals surface area (Å²) in [6.07, 6.45) is 4.01. The molecule has 0 fully saturated rings. The zero-order valence-electron chi connectivity index (χ0n) is 14.4. The lowest BCUT2D eigenvalue weighted by Gasteiger charge is -2.15. The molecule has 7 heteroatoms. The van der Waals surface area contributed by atoms with E-state index in [1.54, 1.807) is 22.7 Å². The zero-order valence-corrected chi connectivity index (χ0v) is 14.4. The highest BCUT2D eigenvalue weighted by Gasteiger charge is 2.19. The number of rotatable bonds is 5. The van der Waals surface area contributed by atoms with Crippen LogP contribution in [0.4, 0.5) is 0 Å². The molecule has 3 rings (SSSR count). The maximum Gasteiger partial charge on any atom is 0.257 e. The molecular formula is C17H21N5O2. The van der Waals surface area contributed by atoms with E-state index in [2.05, 4.69) is 15.2 Å². The molecule has 3 aromatic heterocycles. The fourth-order valence-corrected chi connectivity index (χ4v) is 2.55. The summed E-state index contributed by atoms with van der Waals surface area (Å²) in [5.41, 5.74) is 2.47. The van der Waals surface area contributed by atoms with Gasteiger partial charge in [0.2, 0.25) is 5.89 Å². The van der Waals surface area contributed by atoms with Crippen molar-refractivity contribution in [2.24, 2.45) is 0 Å². The number of likely N-dealkylation sites (N-methyl/N-ethyl adjacent to an activating group) is 1. The number of aromatic nitrogens is 4. The molecule has 0 bridgehead atoms. The van der Waals surface area contributed by atoms with Gasteiger partial charge in [-0.1, -0.05) is 25.1 Å². The Balaban J connectivity index is 1.72. The predicted molar refractivity (Wildman–Crippen MR) is 89.0 cm³/mol. The highest BCUT2D eigenvalue weighted by molar-refractivity contribution is 6.01. The van der Waals surface area contributed by atoms with E-state index >= 15 is 0 Å². The fraction of sp³-hybridized carbons (Fsp3) is 0.412. The molecule has 0 atom stereocenters. The molecule has 0 aromatic carbocycles. The van der Waals surface area contributed by atoms with Gasteiger partial charge < -0.3 is 9.42 Å². The van der Waals surface area contributed by atoms with Crippen LogP contribution in [-0.4, -0.2) is 44.2 Å². The molecule has 0 radical (unpaired) electrons. The average molecular weight is 327 g/mol. The Bertz CT molecular complexity index is 865. The van der Waals surface area contributed by atoms with Gasteiger partial charge in [0.15, 0.2) is 5.82 Å². The third kappa shape index (κ3) is 3.02. The van der Waals surface area contributed by atoms with Crippen LogP contribution in [0.1, 0.15) is 47.4 Å². The first kappa shape index (κ1) is 16.2. The van der Waals surface area contributed by atoms with Crippen LogP contribution in [-0.2, 0) is 6.42 Å². The van der Waals surface area contributed by atoms with Crippen molar-refractivity contribution < 1.29 is 9.32 Å². The van der Waals surface area contributed by atoms with Crippen molar-refractivity contribution in [3.05, 3.63) is 47.4 Å². The van der Waals surface area contributed by atoms with Crippen LogP contribution in [0.2, 0.25) is 0 Å². The minimum absolute atomic E-state index is 0.0631. The first-order chi connectivity index (χ1) is 11.5. The quantitative estimate of drug-likeness (QED) is 0.719.